The van der Waals surface area contributed by atoms with E-state index in [1.54, 1.807) is 6.92 Å². The molecule has 0 spiro atoms. The highest BCUT2D eigenvalue weighted by atomic mass is 17.2. The highest BCUT2D eigenvalue weighted by Gasteiger charge is 2.27. The molecule has 3 nitrogen and oxygen atoms in total. The van der Waals surface area contributed by atoms with Crippen LogP contribution in [-0.2, 0) is 14.5 Å². The lowest BCUT2D eigenvalue weighted by molar-refractivity contribution is -0.460. The normalized spacial score (nSPS) is 34.3. The molecule has 3 heteroatoms. The van der Waals surface area contributed by atoms with Gasteiger partial charge >= 0.3 is 0 Å². The molecule has 1 saturated heterocycles. The quantitative estimate of drug-likeness (QED) is 0.462. The minimum Gasteiger partial charge on any atom is -0.347 e. The standard InChI is InChI=1S/C6H12O3/c1-5-7-4-6(2,3)9-8-5/h5H,4H2,1-3H3. The Bertz CT molecular complexity index is 90.5. The van der Waals surface area contributed by atoms with E-state index in [4.69, 9.17) is 14.5 Å². The van der Waals surface area contributed by atoms with Crippen LogP contribution in [0.1, 0.15) is 20.8 Å². The average Bonchev–Trinajstić information content (AvgIpc) is 1.78. The third-order valence-electron chi connectivity index (χ3n) is 1.07. The summed E-state index contributed by atoms with van der Waals surface area (Å²) in [6.45, 7) is 6.22. The van der Waals surface area contributed by atoms with E-state index in [1.165, 1.54) is 0 Å². The van der Waals surface area contributed by atoms with Crippen LogP contribution >= 0.6 is 0 Å². The first kappa shape index (κ1) is 6.99. The molecule has 54 valence electrons. The van der Waals surface area contributed by atoms with E-state index in [-0.39, 0.29) is 11.9 Å². The van der Waals surface area contributed by atoms with Gasteiger partial charge in [0.2, 0.25) is 0 Å². The summed E-state index contributed by atoms with van der Waals surface area (Å²) < 4.78 is 5.15. The summed E-state index contributed by atoms with van der Waals surface area (Å²) in [5.41, 5.74) is -0.285. The van der Waals surface area contributed by atoms with Crippen molar-refractivity contribution in [2.24, 2.45) is 0 Å². The Morgan fingerprint density at radius 3 is 2.44 bits per heavy atom. The minimum absolute atomic E-state index is 0.224. The Hall–Kier alpha value is -0.120. The van der Waals surface area contributed by atoms with Gasteiger partial charge in [-0.3, -0.25) is 0 Å². The van der Waals surface area contributed by atoms with Crippen molar-refractivity contribution >= 4 is 0 Å². The van der Waals surface area contributed by atoms with Gasteiger partial charge < -0.3 is 4.74 Å². The molecule has 0 aromatic carbocycles. The van der Waals surface area contributed by atoms with Crippen LogP contribution in [-0.4, -0.2) is 18.5 Å². The number of ether oxygens (including phenoxy) is 1. The van der Waals surface area contributed by atoms with Gasteiger partial charge in [-0.2, -0.15) is 0 Å². The zero-order valence-electron chi connectivity index (χ0n) is 6.01. The highest BCUT2D eigenvalue weighted by Crippen LogP contribution is 2.17. The Balaban J connectivity index is 2.35. The van der Waals surface area contributed by atoms with Crippen LogP contribution in [0.5, 0.6) is 0 Å². The van der Waals surface area contributed by atoms with Gasteiger partial charge in [-0.1, -0.05) is 0 Å². The number of rotatable bonds is 0. The Labute approximate surface area is 54.8 Å². The molecule has 0 saturated carbocycles. The van der Waals surface area contributed by atoms with Gasteiger partial charge in [-0.25, -0.2) is 9.78 Å². The van der Waals surface area contributed by atoms with Crippen molar-refractivity contribution in [1.82, 2.24) is 0 Å². The topological polar surface area (TPSA) is 27.7 Å². The van der Waals surface area contributed by atoms with Crippen molar-refractivity contribution in [1.29, 1.82) is 0 Å². The highest BCUT2D eigenvalue weighted by molar-refractivity contribution is 4.66. The second-order valence-corrected chi connectivity index (χ2v) is 2.82. The summed E-state index contributed by atoms with van der Waals surface area (Å²) in [7, 11) is 0. The molecule has 1 aliphatic rings. The van der Waals surface area contributed by atoms with Crippen molar-refractivity contribution < 1.29 is 14.5 Å². The first-order chi connectivity index (χ1) is 4.10. The van der Waals surface area contributed by atoms with Crippen molar-refractivity contribution in [3.63, 3.8) is 0 Å². The maximum absolute atomic E-state index is 5.15. The van der Waals surface area contributed by atoms with Crippen LogP contribution in [0.15, 0.2) is 0 Å². The van der Waals surface area contributed by atoms with Crippen molar-refractivity contribution in [2.45, 2.75) is 32.7 Å². The second kappa shape index (κ2) is 2.25. The monoisotopic (exact) mass is 132 g/mol. The van der Waals surface area contributed by atoms with Crippen LogP contribution in [0.4, 0.5) is 0 Å². The molecule has 0 aromatic rings. The molecule has 1 rings (SSSR count). The molecule has 0 aromatic heterocycles. The maximum Gasteiger partial charge on any atom is 0.188 e. The van der Waals surface area contributed by atoms with Crippen LogP contribution in [0.3, 0.4) is 0 Å². The molecule has 1 atom stereocenters. The molecule has 1 unspecified atom stereocenters. The fraction of sp³-hybridized carbons (Fsp3) is 1.00. The van der Waals surface area contributed by atoms with Gasteiger partial charge in [0.25, 0.3) is 0 Å². The molecule has 0 radical (unpaired) electrons. The third-order valence-corrected chi connectivity index (χ3v) is 1.07. The SMILES string of the molecule is CC1OCC(C)(C)OO1. The molecule has 9 heavy (non-hydrogen) atoms. The van der Waals surface area contributed by atoms with Crippen LogP contribution in [0.25, 0.3) is 0 Å². The molecule has 0 aliphatic carbocycles. The van der Waals surface area contributed by atoms with Crippen molar-refractivity contribution in [3.8, 4) is 0 Å². The summed E-state index contributed by atoms with van der Waals surface area (Å²) in [6.07, 6.45) is -0.224. The van der Waals surface area contributed by atoms with E-state index in [0.717, 1.165) is 0 Å². The smallest absolute Gasteiger partial charge is 0.188 e. The second-order valence-electron chi connectivity index (χ2n) is 2.82. The summed E-state index contributed by atoms with van der Waals surface area (Å²) in [5, 5.41) is 0. The van der Waals surface area contributed by atoms with Gasteiger partial charge in [0.05, 0.1) is 6.61 Å². The average molecular weight is 132 g/mol. The lowest BCUT2D eigenvalue weighted by Crippen LogP contribution is -2.39. The van der Waals surface area contributed by atoms with E-state index in [2.05, 4.69) is 0 Å². The summed E-state index contributed by atoms with van der Waals surface area (Å²) >= 11 is 0. The largest absolute Gasteiger partial charge is 0.347 e. The van der Waals surface area contributed by atoms with Gasteiger partial charge in [0.1, 0.15) is 5.60 Å². The summed E-state index contributed by atoms with van der Waals surface area (Å²) in [6, 6.07) is 0. The van der Waals surface area contributed by atoms with E-state index in [1.807, 2.05) is 13.8 Å². The Morgan fingerprint density at radius 1 is 1.44 bits per heavy atom. The number of hydrogen-bond donors (Lipinski definition) is 0. The van der Waals surface area contributed by atoms with Crippen LogP contribution in [0, 0.1) is 0 Å². The fourth-order valence-corrected chi connectivity index (χ4v) is 0.568. The van der Waals surface area contributed by atoms with E-state index in [9.17, 15) is 0 Å². The molecular formula is C6H12O3. The summed E-state index contributed by atoms with van der Waals surface area (Å²) in [4.78, 5) is 9.72. The molecule has 1 heterocycles. The molecule has 1 aliphatic heterocycles. The molecule has 0 N–H and O–H groups in total. The third kappa shape index (κ3) is 1.93. The Morgan fingerprint density at radius 2 is 2.11 bits per heavy atom. The molecular weight excluding hydrogens is 120 g/mol. The van der Waals surface area contributed by atoms with E-state index in [0.29, 0.717) is 6.61 Å². The van der Waals surface area contributed by atoms with Crippen LogP contribution < -0.4 is 0 Å². The lowest BCUT2D eigenvalue weighted by atomic mass is 10.2. The molecule has 1 fully saturated rings. The Kier molecular flexibility index (Phi) is 1.75. The fourth-order valence-electron chi connectivity index (χ4n) is 0.568. The first-order valence-electron chi connectivity index (χ1n) is 3.06. The minimum atomic E-state index is -0.285. The van der Waals surface area contributed by atoms with Crippen molar-refractivity contribution in [3.05, 3.63) is 0 Å². The van der Waals surface area contributed by atoms with Gasteiger partial charge in [0.15, 0.2) is 6.29 Å². The van der Waals surface area contributed by atoms with Gasteiger partial charge in [-0.15, -0.1) is 0 Å². The molecule has 0 bridgehead atoms. The van der Waals surface area contributed by atoms with Crippen LogP contribution in [0.2, 0.25) is 0 Å². The zero-order chi connectivity index (χ0) is 6.91. The molecule has 0 amide bonds. The van der Waals surface area contributed by atoms with Gasteiger partial charge in [-0.05, 0) is 20.8 Å². The lowest BCUT2D eigenvalue weighted by Gasteiger charge is -2.31. The number of hydrogen-bond acceptors (Lipinski definition) is 3. The zero-order valence-corrected chi connectivity index (χ0v) is 6.01. The van der Waals surface area contributed by atoms with Crippen molar-refractivity contribution in [2.75, 3.05) is 6.61 Å². The van der Waals surface area contributed by atoms with E-state index < -0.39 is 0 Å². The predicted molar refractivity (Wildman–Crippen MR) is 31.7 cm³/mol. The first-order valence-corrected chi connectivity index (χ1v) is 3.06. The van der Waals surface area contributed by atoms with Gasteiger partial charge in [0, 0.05) is 0 Å². The maximum atomic E-state index is 5.15. The summed E-state index contributed by atoms with van der Waals surface area (Å²) in [5.74, 6) is 0. The predicted octanol–water partition coefficient (Wildman–Crippen LogP) is 1.09. The van der Waals surface area contributed by atoms with E-state index >= 15 is 0 Å².